The number of aryl methyl sites for hydroxylation is 1. The number of esters is 1. The minimum Gasteiger partial charge on any atom is -0.508 e. The fourth-order valence-electron chi connectivity index (χ4n) is 12.6. The van der Waals surface area contributed by atoms with Crippen molar-refractivity contribution < 1.29 is 47.2 Å². The number of anilines is 1. The van der Waals surface area contributed by atoms with Crippen LogP contribution in [0.25, 0.3) is 55.2 Å². The van der Waals surface area contributed by atoms with Gasteiger partial charge in [-0.15, -0.1) is 6.42 Å². The average molecular weight is 1060 g/mol. The number of pyridine rings is 3. The number of fused-ring (bicyclic) bond motifs is 8. The van der Waals surface area contributed by atoms with Gasteiger partial charge in [-0.3, -0.25) is 19.5 Å². The lowest BCUT2D eigenvalue weighted by Crippen LogP contribution is -2.55. The van der Waals surface area contributed by atoms with Gasteiger partial charge in [0.15, 0.2) is 11.4 Å². The van der Waals surface area contributed by atoms with Gasteiger partial charge in [0.25, 0.3) is 11.5 Å². The topological polar surface area (TPSA) is 186 Å². The van der Waals surface area contributed by atoms with Gasteiger partial charge >= 0.3 is 12.0 Å². The minimum atomic E-state index is -1.94. The largest absolute Gasteiger partial charge is 0.508 e. The van der Waals surface area contributed by atoms with E-state index in [9.17, 15) is 29.0 Å². The zero-order valence-corrected chi connectivity index (χ0v) is 43.5. The number of alkyl halides is 1. The van der Waals surface area contributed by atoms with E-state index in [0.29, 0.717) is 46.8 Å². The van der Waals surface area contributed by atoms with E-state index >= 15 is 8.78 Å². The van der Waals surface area contributed by atoms with E-state index in [1.807, 2.05) is 30.9 Å². The van der Waals surface area contributed by atoms with Crippen LogP contribution in [0.2, 0.25) is 0 Å². The highest BCUT2D eigenvalue weighted by Gasteiger charge is 2.50. The Bertz CT molecular complexity index is 3860. The Kier molecular flexibility index (Phi) is 12.2. The molecule has 5 atom stereocenters. The number of terminal acetylenes is 1. The Morgan fingerprint density at radius 2 is 1.85 bits per heavy atom. The summed E-state index contributed by atoms with van der Waals surface area (Å²) in [4.78, 5) is 65.6. The van der Waals surface area contributed by atoms with E-state index in [-0.39, 0.29) is 125 Å². The van der Waals surface area contributed by atoms with Crippen molar-refractivity contribution in [2.24, 2.45) is 0 Å². The second kappa shape index (κ2) is 18.8. The fraction of sp³-hybridized carbons (Fsp3) is 0.373. The maximum absolute atomic E-state index is 17.4. The lowest BCUT2D eigenvalue weighted by atomic mass is 9.86. The Hall–Kier alpha value is -8.08. The predicted octanol–water partition coefficient (Wildman–Crippen LogP) is 7.78. The number of carbonyl (C=O) groups excluding carboxylic acids is 2. The molecule has 0 aliphatic carbocycles. The van der Waals surface area contributed by atoms with Crippen LogP contribution < -0.4 is 19.9 Å². The van der Waals surface area contributed by atoms with Crippen molar-refractivity contribution in [2.75, 3.05) is 44.2 Å². The summed E-state index contributed by atoms with van der Waals surface area (Å²) in [6, 6.07) is 11.9. The molecule has 0 radical (unpaired) electrons. The molecule has 2 N–H and O–H groups in total. The molecule has 3 saturated heterocycles. The number of aromatic nitrogens is 5. The Morgan fingerprint density at radius 1 is 1.03 bits per heavy atom. The summed E-state index contributed by atoms with van der Waals surface area (Å²) in [5.74, 6) is 0.213. The van der Waals surface area contributed by atoms with Crippen LogP contribution in [0.3, 0.4) is 0 Å². The SMILES string of the molecule is C#Cc1c(F)ccc2cc(O)cc(-c3ncc4c(N5CCN(C(=O)C(=C)[C@H](C)Oc6ccc7nc8c(c(CC)c7c6)Cn6c-8cc7c(c6=O)COC(=O)[C@]7(O)CC)C[C@@H]5C)nc(OC[C@@]56CCCN5C[C@H](F)C6)nc4c3F)c12. The van der Waals surface area contributed by atoms with Crippen molar-refractivity contribution in [1.29, 1.82) is 0 Å². The molecular weight excluding hydrogens is 1010 g/mol. The molecule has 0 saturated carbocycles. The molecule has 78 heavy (non-hydrogen) atoms. The number of amides is 1. The number of piperazine rings is 1. The van der Waals surface area contributed by atoms with Crippen molar-refractivity contribution in [1.82, 2.24) is 34.3 Å². The molecule has 9 heterocycles. The molecule has 7 aromatic rings. The van der Waals surface area contributed by atoms with Crippen LogP contribution in [-0.4, -0.2) is 120 Å². The molecule has 3 aromatic carbocycles. The second-order valence-corrected chi connectivity index (χ2v) is 21.2. The summed E-state index contributed by atoms with van der Waals surface area (Å²) in [7, 11) is 0. The summed E-state index contributed by atoms with van der Waals surface area (Å²) in [5, 5.41) is 23.7. The maximum Gasteiger partial charge on any atom is 0.343 e. The number of nitrogens with zero attached hydrogens (tertiary/aromatic N) is 8. The molecule has 12 rings (SSSR count). The van der Waals surface area contributed by atoms with Crippen LogP contribution in [-0.2, 0) is 39.5 Å². The molecule has 4 aromatic heterocycles. The molecule has 3 fully saturated rings. The summed E-state index contributed by atoms with van der Waals surface area (Å²) < 4.78 is 67.0. The first-order valence-electron chi connectivity index (χ1n) is 26.3. The lowest BCUT2D eigenvalue weighted by Gasteiger charge is -2.41. The maximum atomic E-state index is 17.4. The zero-order chi connectivity index (χ0) is 54.7. The number of benzene rings is 3. The highest BCUT2D eigenvalue weighted by Crippen LogP contribution is 2.44. The number of ether oxygens (including phenoxy) is 3. The lowest BCUT2D eigenvalue weighted by molar-refractivity contribution is -0.172. The van der Waals surface area contributed by atoms with Gasteiger partial charge in [0.05, 0.1) is 45.5 Å². The van der Waals surface area contributed by atoms with Gasteiger partial charge < -0.3 is 38.8 Å². The molecule has 400 valence electrons. The van der Waals surface area contributed by atoms with E-state index in [4.69, 9.17) is 30.6 Å². The highest BCUT2D eigenvalue weighted by atomic mass is 19.1. The third-order valence-corrected chi connectivity index (χ3v) is 16.7. The van der Waals surface area contributed by atoms with Gasteiger partial charge in [0.1, 0.15) is 59.8 Å². The van der Waals surface area contributed by atoms with Gasteiger partial charge in [0, 0.05) is 77.9 Å². The van der Waals surface area contributed by atoms with Crippen molar-refractivity contribution in [3.63, 3.8) is 0 Å². The van der Waals surface area contributed by atoms with Crippen LogP contribution in [0.5, 0.6) is 17.5 Å². The second-order valence-electron chi connectivity index (χ2n) is 21.2. The Labute approximate surface area is 446 Å². The van der Waals surface area contributed by atoms with Gasteiger partial charge in [-0.2, -0.15) is 9.97 Å². The van der Waals surface area contributed by atoms with Gasteiger partial charge in [-0.25, -0.2) is 22.9 Å². The van der Waals surface area contributed by atoms with Gasteiger partial charge in [-0.05, 0) is 99.5 Å². The summed E-state index contributed by atoms with van der Waals surface area (Å²) in [5.41, 5.74) is 0.941. The summed E-state index contributed by atoms with van der Waals surface area (Å²) in [6.07, 6.45) is 7.92. The third-order valence-electron chi connectivity index (χ3n) is 16.7. The number of carbonyl (C=O) groups is 2. The quantitative estimate of drug-likeness (QED) is 0.0727. The van der Waals surface area contributed by atoms with E-state index in [2.05, 4.69) is 27.4 Å². The number of halogens is 3. The van der Waals surface area contributed by atoms with Crippen molar-refractivity contribution >= 4 is 50.3 Å². The normalized spacial score (nSPS) is 22.0. The minimum absolute atomic E-state index is 0.0348. The number of cyclic esters (lactones) is 1. The molecule has 5 aliphatic rings. The molecule has 0 unspecified atom stereocenters. The predicted molar refractivity (Wildman–Crippen MR) is 285 cm³/mol. The third kappa shape index (κ3) is 7.92. The zero-order valence-electron chi connectivity index (χ0n) is 43.5. The standard InChI is InChI=1S/C59H55F3N8O8/c1-7-37-39-21-36(12-14-46(39)64-50-42(37)27-70-47(50)22-44-43(55(70)73)28-76-56(74)59(44,75)9-3)78-32(6)31(5)54(72)67-17-18-69(30(4)25-67)53-41-24-63-51(40-20-35(71)19-33-11-13-45(61)38(8-2)48(33)40)49(62)52(41)65-57(66-53)77-29-58-15-10-16-68(58)26-34(60)23-58/h2,11-14,19-22,24,30,32,34,71,75H,5,7,9-10,15-18,23,25-29H2,1,3-4,6H3/t30-,32-,34+,58-,59-/m0/s1. The van der Waals surface area contributed by atoms with Crippen LogP contribution in [0, 0.1) is 24.0 Å². The number of phenolic OH excluding ortho intramolecular Hbond substituents is 1. The number of aromatic hydroxyl groups is 1. The Balaban J connectivity index is 0.806. The number of hydrogen-bond donors (Lipinski definition) is 2. The highest BCUT2D eigenvalue weighted by molar-refractivity contribution is 6.03. The van der Waals surface area contributed by atoms with E-state index in [0.717, 1.165) is 35.9 Å². The van der Waals surface area contributed by atoms with E-state index < -0.39 is 47.1 Å². The first kappa shape index (κ1) is 50.7. The molecular formula is C59H55F3N8O8. The fourth-order valence-corrected chi connectivity index (χ4v) is 12.6. The number of aliphatic hydroxyl groups is 1. The molecule has 0 spiro atoms. The van der Waals surface area contributed by atoms with Crippen molar-refractivity contribution in [2.45, 2.75) is 102 Å². The number of phenols is 1. The monoisotopic (exact) mass is 1060 g/mol. The molecule has 1 amide bonds. The van der Waals surface area contributed by atoms with Crippen LogP contribution in [0.4, 0.5) is 19.0 Å². The average Bonchev–Trinajstić information content (AvgIpc) is 4.27. The first-order chi connectivity index (χ1) is 37.4. The van der Waals surface area contributed by atoms with Gasteiger partial charge in [-0.1, -0.05) is 32.4 Å². The first-order valence-corrected chi connectivity index (χ1v) is 26.3. The van der Waals surface area contributed by atoms with Crippen LogP contribution >= 0.6 is 0 Å². The summed E-state index contributed by atoms with van der Waals surface area (Å²) >= 11 is 0. The van der Waals surface area contributed by atoms with Gasteiger partial charge in [0.2, 0.25) is 0 Å². The smallest absolute Gasteiger partial charge is 0.343 e. The molecule has 0 bridgehead atoms. The van der Waals surface area contributed by atoms with E-state index in [1.54, 1.807) is 35.4 Å². The van der Waals surface area contributed by atoms with Crippen LogP contribution in [0.1, 0.15) is 81.2 Å². The van der Waals surface area contributed by atoms with E-state index in [1.165, 1.54) is 30.5 Å². The Morgan fingerprint density at radius 3 is 2.62 bits per heavy atom. The number of hydrogen-bond acceptors (Lipinski definition) is 14. The number of rotatable bonds is 11. The van der Waals surface area contributed by atoms with Crippen molar-refractivity contribution in [3.05, 3.63) is 117 Å². The van der Waals surface area contributed by atoms with Crippen molar-refractivity contribution in [3.8, 4) is 52.5 Å². The molecule has 19 heteroatoms. The van der Waals surface area contributed by atoms with Crippen LogP contribution in [0.15, 0.2) is 71.7 Å². The molecule has 16 nitrogen and oxygen atoms in total. The molecule has 5 aliphatic heterocycles. The summed E-state index contributed by atoms with van der Waals surface area (Å²) in [6.45, 7) is 13.3.